The molecule has 0 aliphatic carbocycles. The van der Waals surface area contributed by atoms with Crippen molar-refractivity contribution in [3.05, 3.63) is 71.1 Å². The Balaban J connectivity index is 1.66. The largest absolute Gasteiger partial charge is 0.465 e. The normalized spacial score (nSPS) is 13.2. The number of hydrogen-bond acceptors (Lipinski definition) is 6. The molecule has 1 aromatic heterocycles. The third-order valence-corrected chi connectivity index (χ3v) is 5.48. The van der Waals surface area contributed by atoms with Crippen LogP contribution in [0.5, 0.6) is 11.5 Å². The van der Waals surface area contributed by atoms with Crippen LogP contribution in [0.15, 0.2) is 60.1 Å². The molecule has 7 nitrogen and oxygen atoms in total. The van der Waals surface area contributed by atoms with Crippen molar-refractivity contribution in [1.29, 1.82) is 0 Å². The summed E-state index contributed by atoms with van der Waals surface area (Å²) in [7, 11) is 1.34. The van der Waals surface area contributed by atoms with Crippen LogP contribution in [0.25, 0.3) is 16.3 Å². The Labute approximate surface area is 176 Å². The molecule has 1 aliphatic rings. The topological polar surface area (TPSA) is 79.1 Å². The lowest BCUT2D eigenvalue weighted by Gasteiger charge is -2.02. The summed E-state index contributed by atoms with van der Waals surface area (Å²) in [5.41, 5.74) is 2.11. The molecule has 0 atom stereocenters. The standard InChI is InChI=1S/C22H18N2O5S/c1-3-10-24-16-7-6-15(21(26)27-2)12-19(16)30-22(24)23-20(25)9-5-14-4-8-17-18(11-14)29-13-28-17/h3-9,11-12H,1,10,13H2,2H3/b9-5-,23-22?. The van der Waals surface area contributed by atoms with Crippen LogP contribution in [-0.4, -0.2) is 30.3 Å². The van der Waals surface area contributed by atoms with Gasteiger partial charge in [0.05, 0.1) is 22.9 Å². The Hall–Kier alpha value is -3.65. The Morgan fingerprint density at radius 3 is 2.87 bits per heavy atom. The molecule has 8 heteroatoms. The van der Waals surface area contributed by atoms with E-state index >= 15 is 0 Å². The number of benzene rings is 2. The second-order valence-electron chi connectivity index (χ2n) is 6.35. The Kier molecular flexibility index (Phi) is 5.49. The summed E-state index contributed by atoms with van der Waals surface area (Å²) in [6.07, 6.45) is 4.81. The number of fused-ring (bicyclic) bond motifs is 2. The van der Waals surface area contributed by atoms with Gasteiger partial charge < -0.3 is 18.8 Å². The van der Waals surface area contributed by atoms with E-state index in [0.29, 0.717) is 28.4 Å². The highest BCUT2D eigenvalue weighted by molar-refractivity contribution is 7.16. The van der Waals surface area contributed by atoms with E-state index in [1.165, 1.54) is 24.5 Å². The summed E-state index contributed by atoms with van der Waals surface area (Å²) in [6, 6.07) is 10.7. The van der Waals surface area contributed by atoms with E-state index < -0.39 is 11.9 Å². The van der Waals surface area contributed by atoms with E-state index in [0.717, 1.165) is 15.8 Å². The van der Waals surface area contributed by atoms with E-state index in [4.69, 9.17) is 14.2 Å². The molecule has 4 rings (SSSR count). The Morgan fingerprint density at radius 1 is 1.23 bits per heavy atom. The van der Waals surface area contributed by atoms with Gasteiger partial charge in [-0.15, -0.1) is 6.58 Å². The number of nitrogens with zero attached hydrogens (tertiary/aromatic N) is 2. The van der Waals surface area contributed by atoms with E-state index in [1.54, 1.807) is 36.4 Å². The number of allylic oxidation sites excluding steroid dienone is 1. The molecule has 2 aromatic carbocycles. The molecular formula is C22H18N2O5S. The number of ether oxygens (including phenoxy) is 3. The van der Waals surface area contributed by atoms with Crippen molar-refractivity contribution < 1.29 is 23.8 Å². The maximum absolute atomic E-state index is 12.5. The molecule has 152 valence electrons. The monoisotopic (exact) mass is 422 g/mol. The molecule has 30 heavy (non-hydrogen) atoms. The van der Waals surface area contributed by atoms with Crippen LogP contribution in [0.4, 0.5) is 0 Å². The molecule has 0 N–H and O–H groups in total. The van der Waals surface area contributed by atoms with Crippen LogP contribution in [0, 0.1) is 0 Å². The maximum Gasteiger partial charge on any atom is 0.337 e. The molecule has 0 bridgehead atoms. The average Bonchev–Trinajstić information content (AvgIpc) is 3.35. The summed E-state index contributed by atoms with van der Waals surface area (Å²) in [4.78, 5) is 29.0. The van der Waals surface area contributed by atoms with Gasteiger partial charge in [0.15, 0.2) is 16.3 Å². The molecule has 1 aliphatic heterocycles. The van der Waals surface area contributed by atoms with Crippen LogP contribution >= 0.6 is 11.3 Å². The smallest absolute Gasteiger partial charge is 0.337 e. The minimum atomic E-state index is -0.415. The van der Waals surface area contributed by atoms with Crippen LogP contribution < -0.4 is 14.3 Å². The van der Waals surface area contributed by atoms with Crippen molar-refractivity contribution in [3.63, 3.8) is 0 Å². The number of thiazole rings is 1. The van der Waals surface area contributed by atoms with Gasteiger partial charge in [-0.2, -0.15) is 4.99 Å². The fourth-order valence-corrected chi connectivity index (χ4v) is 4.11. The lowest BCUT2D eigenvalue weighted by molar-refractivity contribution is -0.113. The quantitative estimate of drug-likeness (QED) is 0.357. The minimum Gasteiger partial charge on any atom is -0.465 e. The van der Waals surface area contributed by atoms with Crippen molar-refractivity contribution in [1.82, 2.24) is 4.57 Å². The van der Waals surface area contributed by atoms with Crippen LogP contribution in [0.1, 0.15) is 15.9 Å². The lowest BCUT2D eigenvalue weighted by atomic mass is 10.2. The molecule has 0 unspecified atom stereocenters. The number of carbonyl (C=O) groups excluding carboxylic acids is 2. The number of esters is 1. The van der Waals surface area contributed by atoms with Crippen LogP contribution in [0.3, 0.4) is 0 Å². The first-order valence-electron chi connectivity index (χ1n) is 9.08. The molecule has 3 aromatic rings. The molecule has 0 fully saturated rings. The maximum atomic E-state index is 12.5. The minimum absolute atomic E-state index is 0.198. The first kappa shape index (κ1) is 19.7. The highest BCUT2D eigenvalue weighted by Crippen LogP contribution is 2.32. The van der Waals surface area contributed by atoms with E-state index in [-0.39, 0.29) is 6.79 Å². The fourth-order valence-electron chi connectivity index (χ4n) is 3.02. The fraction of sp³-hybridized carbons (Fsp3) is 0.136. The number of hydrogen-bond donors (Lipinski definition) is 0. The summed E-state index contributed by atoms with van der Waals surface area (Å²) in [6.45, 7) is 4.45. The van der Waals surface area contributed by atoms with Crippen molar-refractivity contribution in [2.45, 2.75) is 6.54 Å². The summed E-state index contributed by atoms with van der Waals surface area (Å²) in [5.74, 6) is 0.522. The molecule has 0 saturated carbocycles. The molecule has 0 spiro atoms. The van der Waals surface area contributed by atoms with Crippen molar-refractivity contribution in [2.75, 3.05) is 13.9 Å². The Morgan fingerprint density at radius 2 is 2.07 bits per heavy atom. The zero-order chi connectivity index (χ0) is 21.1. The van der Waals surface area contributed by atoms with Crippen molar-refractivity contribution in [3.8, 4) is 11.5 Å². The summed E-state index contributed by atoms with van der Waals surface area (Å²) < 4.78 is 18.1. The van der Waals surface area contributed by atoms with Gasteiger partial charge >= 0.3 is 5.97 Å². The second-order valence-corrected chi connectivity index (χ2v) is 7.36. The highest BCUT2D eigenvalue weighted by atomic mass is 32.1. The summed E-state index contributed by atoms with van der Waals surface area (Å²) in [5, 5.41) is 0. The van der Waals surface area contributed by atoms with Crippen LogP contribution in [-0.2, 0) is 16.1 Å². The molecular weight excluding hydrogens is 404 g/mol. The first-order chi connectivity index (χ1) is 14.6. The first-order valence-corrected chi connectivity index (χ1v) is 9.89. The van der Waals surface area contributed by atoms with Gasteiger partial charge in [0.25, 0.3) is 5.91 Å². The third kappa shape index (κ3) is 3.90. The predicted octanol–water partition coefficient (Wildman–Crippen LogP) is 3.54. The third-order valence-electron chi connectivity index (χ3n) is 4.44. The molecule has 1 amide bonds. The van der Waals surface area contributed by atoms with E-state index in [2.05, 4.69) is 11.6 Å². The summed E-state index contributed by atoms with van der Waals surface area (Å²) >= 11 is 1.32. The average molecular weight is 422 g/mol. The van der Waals surface area contributed by atoms with Gasteiger partial charge in [-0.3, -0.25) is 4.79 Å². The van der Waals surface area contributed by atoms with Crippen molar-refractivity contribution >= 4 is 39.5 Å². The van der Waals surface area contributed by atoms with E-state index in [9.17, 15) is 9.59 Å². The number of methoxy groups -OCH3 is 1. The molecule has 2 heterocycles. The highest BCUT2D eigenvalue weighted by Gasteiger charge is 2.13. The number of carbonyl (C=O) groups is 2. The SMILES string of the molecule is C=CCn1c(=NC(=O)/C=C\c2ccc3c(c2)OCO3)sc2cc(C(=O)OC)ccc21. The molecule has 0 saturated heterocycles. The predicted molar refractivity (Wildman–Crippen MR) is 114 cm³/mol. The van der Waals surface area contributed by atoms with Crippen molar-refractivity contribution in [2.24, 2.45) is 4.99 Å². The lowest BCUT2D eigenvalue weighted by Crippen LogP contribution is -2.15. The van der Waals surface area contributed by atoms with Gasteiger partial charge in [-0.25, -0.2) is 4.79 Å². The van der Waals surface area contributed by atoms with Gasteiger partial charge in [-0.05, 0) is 42.0 Å². The van der Waals surface area contributed by atoms with Gasteiger partial charge in [-0.1, -0.05) is 23.5 Å². The second kappa shape index (κ2) is 8.38. The van der Waals surface area contributed by atoms with Crippen LogP contribution in [0.2, 0.25) is 0 Å². The number of rotatable bonds is 5. The van der Waals surface area contributed by atoms with Gasteiger partial charge in [0.2, 0.25) is 6.79 Å². The number of amides is 1. The molecule has 0 radical (unpaired) electrons. The zero-order valence-electron chi connectivity index (χ0n) is 16.2. The Bertz CT molecular complexity index is 1250. The van der Waals surface area contributed by atoms with Gasteiger partial charge in [0.1, 0.15) is 0 Å². The number of aromatic nitrogens is 1. The van der Waals surface area contributed by atoms with Gasteiger partial charge in [0, 0.05) is 12.6 Å². The van der Waals surface area contributed by atoms with E-state index in [1.807, 2.05) is 16.7 Å². The zero-order valence-corrected chi connectivity index (χ0v) is 17.0.